The van der Waals surface area contributed by atoms with Crippen molar-refractivity contribution in [1.82, 2.24) is 20.4 Å². The first-order valence-electron chi connectivity index (χ1n) is 13.0. The van der Waals surface area contributed by atoms with Gasteiger partial charge in [-0.15, -0.1) is 20.4 Å². The van der Waals surface area contributed by atoms with Gasteiger partial charge < -0.3 is 8.83 Å². The van der Waals surface area contributed by atoms with E-state index in [2.05, 4.69) is 61.9 Å². The van der Waals surface area contributed by atoms with Crippen LogP contribution in [-0.2, 0) is 10.8 Å². The Labute approximate surface area is 232 Å². The quantitative estimate of drug-likeness (QED) is 0.218. The smallest absolute Gasteiger partial charge is 0.289 e. The van der Waals surface area contributed by atoms with Gasteiger partial charge in [0.25, 0.3) is 11.8 Å². The zero-order valence-corrected chi connectivity index (χ0v) is 23.4. The number of hydrogen-bond acceptors (Lipinski definition) is 8. The molecule has 5 aromatic rings. The molecule has 0 fully saturated rings. The summed E-state index contributed by atoms with van der Waals surface area (Å²) in [4.78, 5) is 26.2. The van der Waals surface area contributed by atoms with E-state index in [9.17, 15) is 9.59 Å². The van der Waals surface area contributed by atoms with Gasteiger partial charge in [0.2, 0.25) is 23.3 Å². The van der Waals surface area contributed by atoms with Crippen LogP contribution in [0.5, 0.6) is 0 Å². The Morgan fingerprint density at radius 1 is 0.550 bits per heavy atom. The summed E-state index contributed by atoms with van der Waals surface area (Å²) in [6.45, 7) is 12.8. The molecule has 0 bridgehead atoms. The molecular weight excluding hydrogens is 504 g/mol. The molecule has 0 atom stereocenters. The summed E-state index contributed by atoms with van der Waals surface area (Å²) in [5.74, 6) is -0.846. The van der Waals surface area contributed by atoms with Gasteiger partial charge in [-0.25, -0.2) is 0 Å². The second-order valence-electron chi connectivity index (χ2n) is 11.7. The molecule has 0 aliphatic heterocycles. The molecule has 0 aliphatic rings. The van der Waals surface area contributed by atoms with E-state index in [0.29, 0.717) is 11.1 Å². The number of ketones is 2. The Hall–Kier alpha value is -4.72. The predicted molar refractivity (Wildman–Crippen MR) is 150 cm³/mol. The Kier molecular flexibility index (Phi) is 6.79. The van der Waals surface area contributed by atoms with E-state index in [1.165, 1.54) is 17.2 Å². The Balaban J connectivity index is 1.33. The third-order valence-corrected chi connectivity index (χ3v) is 6.62. The van der Waals surface area contributed by atoms with E-state index in [1.807, 2.05) is 48.5 Å². The van der Waals surface area contributed by atoms with Gasteiger partial charge in [-0.3, -0.25) is 9.59 Å². The van der Waals surface area contributed by atoms with E-state index in [1.54, 1.807) is 18.2 Å². The Bertz CT molecular complexity index is 1560. The van der Waals surface area contributed by atoms with E-state index >= 15 is 0 Å². The second-order valence-corrected chi connectivity index (χ2v) is 11.7. The van der Waals surface area contributed by atoms with E-state index in [-0.39, 0.29) is 45.5 Å². The first kappa shape index (κ1) is 26.9. The van der Waals surface area contributed by atoms with Crippen LogP contribution in [0.15, 0.2) is 81.6 Å². The lowest BCUT2D eigenvalue weighted by Crippen LogP contribution is -2.10. The van der Waals surface area contributed by atoms with Crippen molar-refractivity contribution in [2.75, 3.05) is 0 Å². The van der Waals surface area contributed by atoms with Crippen molar-refractivity contribution in [3.63, 3.8) is 0 Å². The number of aromatic nitrogens is 4. The van der Waals surface area contributed by atoms with Gasteiger partial charge in [-0.05, 0) is 52.3 Å². The maximum atomic E-state index is 13.1. The zero-order valence-electron chi connectivity index (χ0n) is 23.4. The summed E-state index contributed by atoms with van der Waals surface area (Å²) in [6, 6.07) is 21.8. The van der Waals surface area contributed by atoms with Gasteiger partial charge in [0, 0.05) is 22.3 Å². The summed E-state index contributed by atoms with van der Waals surface area (Å²) in [6.07, 6.45) is 0. The molecule has 8 nitrogen and oxygen atoms in total. The predicted octanol–water partition coefficient (Wildman–Crippen LogP) is 6.84. The topological polar surface area (TPSA) is 112 Å². The number of carbonyl (C=O) groups is 2. The normalized spacial score (nSPS) is 11.9. The molecule has 0 N–H and O–H groups in total. The van der Waals surface area contributed by atoms with Crippen LogP contribution in [0, 0.1) is 0 Å². The second kappa shape index (κ2) is 10.1. The van der Waals surface area contributed by atoms with Gasteiger partial charge in [-0.2, -0.15) is 0 Å². The molecule has 202 valence electrons. The molecule has 5 rings (SSSR count). The van der Waals surface area contributed by atoms with Crippen molar-refractivity contribution in [3.8, 4) is 22.9 Å². The average molecular weight is 535 g/mol. The average Bonchev–Trinajstić information content (AvgIpc) is 3.62. The maximum absolute atomic E-state index is 13.1. The number of benzene rings is 3. The molecule has 8 heteroatoms. The van der Waals surface area contributed by atoms with Crippen LogP contribution < -0.4 is 0 Å². The van der Waals surface area contributed by atoms with Crippen LogP contribution in [0.1, 0.15) is 85.2 Å². The molecule has 0 radical (unpaired) electrons. The lowest BCUT2D eigenvalue weighted by atomic mass is 9.87. The first-order valence-corrected chi connectivity index (χ1v) is 13.0. The fourth-order valence-corrected chi connectivity index (χ4v) is 4.14. The fraction of sp³-hybridized carbons (Fsp3) is 0.250. The highest BCUT2D eigenvalue weighted by molar-refractivity contribution is 6.10. The van der Waals surface area contributed by atoms with Crippen LogP contribution in [0.2, 0.25) is 0 Å². The van der Waals surface area contributed by atoms with Crippen LogP contribution in [0.4, 0.5) is 0 Å². The van der Waals surface area contributed by atoms with Crippen LogP contribution in [0.3, 0.4) is 0 Å². The number of rotatable bonds is 6. The molecule has 0 amide bonds. The van der Waals surface area contributed by atoms with Gasteiger partial charge in [0.05, 0.1) is 0 Å². The van der Waals surface area contributed by atoms with Crippen molar-refractivity contribution < 1.29 is 18.4 Å². The molecule has 0 spiro atoms. The van der Waals surface area contributed by atoms with Gasteiger partial charge in [0.1, 0.15) is 0 Å². The van der Waals surface area contributed by atoms with Crippen molar-refractivity contribution in [2.45, 2.75) is 52.4 Å². The summed E-state index contributed by atoms with van der Waals surface area (Å²) in [5, 5.41) is 16.0. The molecule has 40 heavy (non-hydrogen) atoms. The fourth-order valence-electron chi connectivity index (χ4n) is 4.14. The van der Waals surface area contributed by atoms with Gasteiger partial charge in [-0.1, -0.05) is 84.0 Å². The molecule has 2 heterocycles. The number of hydrogen-bond donors (Lipinski definition) is 0. The van der Waals surface area contributed by atoms with Gasteiger partial charge >= 0.3 is 0 Å². The molecule has 0 saturated heterocycles. The standard InChI is InChI=1S/C32H30N4O4/c1-31(2,3)23-14-10-19(11-15-23)27-33-35-29(39-27)25(37)21-8-7-9-22(18-21)26(38)30-36-34-28(40-30)20-12-16-24(17-13-20)32(4,5)6/h7-18H,1-6H3. The Morgan fingerprint density at radius 3 is 1.27 bits per heavy atom. The molecule has 3 aromatic carbocycles. The lowest BCUT2D eigenvalue weighted by Gasteiger charge is -2.18. The lowest BCUT2D eigenvalue weighted by molar-refractivity contribution is 0.100. The van der Waals surface area contributed by atoms with Crippen molar-refractivity contribution in [2.24, 2.45) is 0 Å². The van der Waals surface area contributed by atoms with E-state index in [0.717, 1.165) is 0 Å². The minimum atomic E-state index is -0.495. The minimum absolute atomic E-state index is 0.0114. The number of nitrogens with zero attached hydrogens (tertiary/aromatic N) is 4. The molecule has 0 unspecified atom stereocenters. The maximum Gasteiger partial charge on any atom is 0.289 e. The van der Waals surface area contributed by atoms with E-state index < -0.39 is 11.6 Å². The summed E-state index contributed by atoms with van der Waals surface area (Å²) in [5.41, 5.74) is 4.23. The molecule has 0 aliphatic carbocycles. The van der Waals surface area contributed by atoms with Crippen molar-refractivity contribution >= 4 is 11.6 Å². The van der Waals surface area contributed by atoms with Crippen molar-refractivity contribution in [1.29, 1.82) is 0 Å². The van der Waals surface area contributed by atoms with Crippen molar-refractivity contribution in [3.05, 3.63) is 107 Å². The summed E-state index contributed by atoms with van der Waals surface area (Å²) < 4.78 is 11.4. The summed E-state index contributed by atoms with van der Waals surface area (Å²) >= 11 is 0. The van der Waals surface area contributed by atoms with Crippen LogP contribution >= 0.6 is 0 Å². The van der Waals surface area contributed by atoms with E-state index in [4.69, 9.17) is 8.83 Å². The molecular formula is C32H30N4O4. The monoisotopic (exact) mass is 534 g/mol. The first-order chi connectivity index (χ1) is 18.9. The highest BCUT2D eigenvalue weighted by Gasteiger charge is 2.23. The Morgan fingerprint density at radius 2 is 0.925 bits per heavy atom. The largest absolute Gasteiger partial charge is 0.413 e. The highest BCUT2D eigenvalue weighted by atomic mass is 16.4. The number of carbonyl (C=O) groups excluding carboxylic acids is 2. The van der Waals surface area contributed by atoms with Gasteiger partial charge in [0.15, 0.2) is 0 Å². The SMILES string of the molecule is CC(C)(C)c1ccc(-c2nnc(C(=O)c3cccc(C(=O)c4nnc(-c5ccc(C(C)(C)C)cc5)o4)c3)o2)cc1. The molecule has 0 saturated carbocycles. The third kappa shape index (κ3) is 5.52. The third-order valence-electron chi connectivity index (χ3n) is 6.62. The minimum Gasteiger partial charge on any atom is -0.413 e. The van der Waals surface area contributed by atoms with Crippen LogP contribution in [0.25, 0.3) is 22.9 Å². The summed E-state index contributed by atoms with van der Waals surface area (Å²) in [7, 11) is 0. The highest BCUT2D eigenvalue weighted by Crippen LogP contribution is 2.27. The zero-order chi connectivity index (χ0) is 28.7. The molecule has 2 aromatic heterocycles. The van der Waals surface area contributed by atoms with Crippen LogP contribution in [-0.4, -0.2) is 32.0 Å².